The predicted octanol–water partition coefficient (Wildman–Crippen LogP) is 9.74. The van der Waals surface area contributed by atoms with Gasteiger partial charge in [-0.25, -0.2) is 9.97 Å². The minimum atomic E-state index is 0.894. The average Bonchev–Trinajstić information content (AvgIpc) is 3.64. The zero-order valence-electron chi connectivity index (χ0n) is 21.3. The van der Waals surface area contributed by atoms with Crippen molar-refractivity contribution < 1.29 is 0 Å². The van der Waals surface area contributed by atoms with Crippen LogP contribution in [0.4, 0.5) is 11.4 Å². The molecular weight excluding hydrogens is 529 g/mol. The molecule has 0 N–H and O–H groups in total. The molecule has 0 fully saturated rings. The highest BCUT2D eigenvalue weighted by atomic mass is 32.1. The van der Waals surface area contributed by atoms with E-state index in [4.69, 9.17) is 20.0 Å². The second-order valence-corrected chi connectivity index (χ2v) is 11.3. The molecular formula is C34H22N4S2. The minimum absolute atomic E-state index is 0.894. The zero-order chi connectivity index (χ0) is 26.7. The van der Waals surface area contributed by atoms with Crippen molar-refractivity contribution >= 4 is 66.9 Å². The molecule has 4 nitrogen and oxygen atoms in total. The molecule has 0 saturated carbocycles. The fraction of sp³-hybridized carbons (Fsp3) is 0. The molecule has 0 aliphatic carbocycles. The molecule has 40 heavy (non-hydrogen) atoms. The number of rotatable bonds is 6. The Hall–Kier alpha value is -4.78. The fourth-order valence-corrected chi connectivity index (χ4v) is 6.52. The maximum absolute atomic E-state index is 4.85. The van der Waals surface area contributed by atoms with Gasteiger partial charge in [0.15, 0.2) is 0 Å². The Morgan fingerprint density at radius 2 is 0.925 bits per heavy atom. The van der Waals surface area contributed by atoms with Gasteiger partial charge in [0.05, 0.1) is 31.8 Å². The van der Waals surface area contributed by atoms with E-state index < -0.39 is 0 Å². The van der Waals surface area contributed by atoms with Gasteiger partial charge in [0.1, 0.15) is 10.0 Å². The molecule has 0 aliphatic rings. The number of benzene rings is 5. The van der Waals surface area contributed by atoms with Gasteiger partial charge in [0, 0.05) is 23.6 Å². The molecule has 0 atom stereocenters. The van der Waals surface area contributed by atoms with Gasteiger partial charge in [-0.05, 0) is 65.7 Å². The first-order valence-electron chi connectivity index (χ1n) is 12.9. The quantitative estimate of drug-likeness (QED) is 0.194. The van der Waals surface area contributed by atoms with Crippen molar-refractivity contribution in [1.29, 1.82) is 0 Å². The normalized spacial score (nSPS) is 11.8. The van der Waals surface area contributed by atoms with Crippen LogP contribution in [0.2, 0.25) is 0 Å². The van der Waals surface area contributed by atoms with E-state index in [0.29, 0.717) is 0 Å². The molecule has 0 aliphatic heterocycles. The van der Waals surface area contributed by atoms with Gasteiger partial charge in [-0.1, -0.05) is 66.7 Å². The zero-order valence-corrected chi connectivity index (χ0v) is 22.9. The lowest BCUT2D eigenvalue weighted by Gasteiger charge is -2.03. The van der Waals surface area contributed by atoms with Gasteiger partial charge in [-0.2, -0.15) is 0 Å². The lowest BCUT2D eigenvalue weighted by molar-refractivity contribution is 1.44. The van der Waals surface area contributed by atoms with E-state index in [-0.39, 0.29) is 0 Å². The van der Waals surface area contributed by atoms with Gasteiger partial charge in [0.2, 0.25) is 0 Å². The van der Waals surface area contributed by atoms with Crippen molar-refractivity contribution in [2.24, 2.45) is 9.98 Å². The number of hydrogen-bond acceptors (Lipinski definition) is 6. The molecule has 6 heteroatoms. The van der Waals surface area contributed by atoms with Crippen LogP contribution in [-0.4, -0.2) is 22.4 Å². The number of nitrogens with zero attached hydrogens (tertiary/aromatic N) is 4. The highest BCUT2D eigenvalue weighted by Crippen LogP contribution is 2.37. The topological polar surface area (TPSA) is 50.5 Å². The van der Waals surface area contributed by atoms with Crippen LogP contribution in [0.1, 0.15) is 11.1 Å². The fourth-order valence-electron chi connectivity index (χ4n) is 4.52. The summed E-state index contributed by atoms with van der Waals surface area (Å²) in [5.74, 6) is 0. The second kappa shape index (κ2) is 10.8. The first-order valence-corrected chi connectivity index (χ1v) is 14.5. The standard InChI is InChI=1S/C34H22N4S2/c1-3-14-27(25(12-1)33-37-29-16-5-7-18-31(29)39-33)35-21-23-10-9-11-24(20-23)22-36-28-15-4-2-13-26(28)34-38-30-17-6-8-19-32(30)40-34/h1-22H. The van der Waals surface area contributed by atoms with E-state index in [9.17, 15) is 0 Å². The largest absolute Gasteiger partial charge is 0.256 e. The van der Waals surface area contributed by atoms with Crippen molar-refractivity contribution in [3.8, 4) is 21.1 Å². The van der Waals surface area contributed by atoms with Crippen LogP contribution in [0.5, 0.6) is 0 Å². The maximum atomic E-state index is 4.85. The summed E-state index contributed by atoms with van der Waals surface area (Å²) in [5, 5.41) is 1.95. The van der Waals surface area contributed by atoms with E-state index in [2.05, 4.69) is 42.5 Å². The number of fused-ring (bicyclic) bond motifs is 2. The first-order chi connectivity index (χ1) is 19.8. The Morgan fingerprint density at radius 1 is 0.475 bits per heavy atom. The Balaban J connectivity index is 1.15. The predicted molar refractivity (Wildman–Crippen MR) is 171 cm³/mol. The van der Waals surface area contributed by atoms with Crippen LogP contribution >= 0.6 is 22.7 Å². The molecule has 7 aromatic rings. The third kappa shape index (κ3) is 4.98. The van der Waals surface area contributed by atoms with E-state index in [0.717, 1.165) is 54.7 Å². The number of aromatic nitrogens is 2. The lowest BCUT2D eigenvalue weighted by Crippen LogP contribution is -1.87. The summed E-state index contributed by atoms with van der Waals surface area (Å²) in [6.07, 6.45) is 3.80. The summed E-state index contributed by atoms with van der Waals surface area (Å²) >= 11 is 3.38. The van der Waals surface area contributed by atoms with Crippen molar-refractivity contribution in [2.75, 3.05) is 0 Å². The highest BCUT2D eigenvalue weighted by molar-refractivity contribution is 7.22. The number of thiazole rings is 2. The summed E-state index contributed by atoms with van der Waals surface area (Å²) in [6.45, 7) is 0. The highest BCUT2D eigenvalue weighted by Gasteiger charge is 2.11. The first kappa shape index (κ1) is 24.3. The van der Waals surface area contributed by atoms with Crippen LogP contribution in [0, 0.1) is 0 Å². The summed E-state index contributed by atoms with van der Waals surface area (Å²) < 4.78 is 2.35. The van der Waals surface area contributed by atoms with E-state index in [1.165, 1.54) is 9.40 Å². The van der Waals surface area contributed by atoms with Crippen LogP contribution in [-0.2, 0) is 0 Å². The third-order valence-corrected chi connectivity index (χ3v) is 8.61. The van der Waals surface area contributed by atoms with Gasteiger partial charge >= 0.3 is 0 Å². The van der Waals surface area contributed by atoms with Gasteiger partial charge < -0.3 is 0 Å². The van der Waals surface area contributed by atoms with Gasteiger partial charge in [0.25, 0.3) is 0 Å². The maximum Gasteiger partial charge on any atom is 0.126 e. The van der Waals surface area contributed by atoms with Gasteiger partial charge in [-0.15, -0.1) is 22.7 Å². The van der Waals surface area contributed by atoms with E-state index >= 15 is 0 Å². The Morgan fingerprint density at radius 3 is 1.43 bits per heavy atom. The van der Waals surface area contributed by atoms with Crippen molar-refractivity contribution in [1.82, 2.24) is 9.97 Å². The second-order valence-electron chi connectivity index (χ2n) is 9.19. The van der Waals surface area contributed by atoms with Crippen LogP contribution in [0.3, 0.4) is 0 Å². The third-order valence-electron chi connectivity index (χ3n) is 6.47. The summed E-state index contributed by atoms with van der Waals surface area (Å²) in [7, 11) is 0. The van der Waals surface area contributed by atoms with Crippen LogP contribution < -0.4 is 0 Å². The Labute approximate surface area is 239 Å². The Kier molecular flexibility index (Phi) is 6.53. The summed E-state index contributed by atoms with van der Waals surface area (Å²) in [5.41, 5.74) is 7.88. The minimum Gasteiger partial charge on any atom is -0.256 e. The SMILES string of the molecule is C(=Nc1ccccc1-c1nc2ccccc2s1)c1cccc(C=Nc2ccccc2-c2nc3ccccc3s2)c1. The summed E-state index contributed by atoms with van der Waals surface area (Å²) in [4.78, 5) is 19.4. The molecule has 0 saturated heterocycles. The summed E-state index contributed by atoms with van der Waals surface area (Å²) in [6, 6.07) is 41.0. The van der Waals surface area contributed by atoms with Crippen molar-refractivity contribution in [3.05, 3.63) is 132 Å². The van der Waals surface area contributed by atoms with E-state index in [1.54, 1.807) is 22.7 Å². The average molecular weight is 551 g/mol. The van der Waals surface area contributed by atoms with Crippen molar-refractivity contribution in [3.63, 3.8) is 0 Å². The molecule has 190 valence electrons. The van der Waals surface area contributed by atoms with E-state index in [1.807, 2.05) is 91.3 Å². The van der Waals surface area contributed by atoms with Crippen LogP contribution in [0.15, 0.2) is 131 Å². The molecule has 2 heterocycles. The smallest absolute Gasteiger partial charge is 0.126 e. The molecule has 0 radical (unpaired) electrons. The molecule has 0 bridgehead atoms. The monoisotopic (exact) mass is 550 g/mol. The molecule has 7 rings (SSSR count). The number of aliphatic imine (C=N–C) groups is 2. The number of hydrogen-bond donors (Lipinski definition) is 0. The van der Waals surface area contributed by atoms with Crippen LogP contribution in [0.25, 0.3) is 41.6 Å². The molecule has 2 aromatic heterocycles. The van der Waals surface area contributed by atoms with Crippen molar-refractivity contribution in [2.45, 2.75) is 0 Å². The molecule has 0 amide bonds. The lowest BCUT2D eigenvalue weighted by atomic mass is 10.1. The van der Waals surface area contributed by atoms with Gasteiger partial charge in [-0.3, -0.25) is 9.98 Å². The number of para-hydroxylation sites is 4. The molecule has 5 aromatic carbocycles. The molecule has 0 unspecified atom stereocenters. The molecule has 0 spiro atoms. The Bertz CT molecular complexity index is 1820.